The number of amides is 1. The number of hydrogen-bond acceptors (Lipinski definition) is 3. The largest absolute Gasteiger partial charge is 0.397 e. The monoisotopic (exact) mass is 303 g/mol. The molecular formula is C16H18ClN3O. The average Bonchev–Trinajstić information content (AvgIpc) is 2.45. The lowest BCUT2D eigenvalue weighted by Gasteiger charge is -2.14. The van der Waals surface area contributed by atoms with E-state index in [0.29, 0.717) is 28.5 Å². The van der Waals surface area contributed by atoms with Gasteiger partial charge in [0.25, 0.3) is 5.91 Å². The van der Waals surface area contributed by atoms with Crippen molar-refractivity contribution in [1.29, 1.82) is 0 Å². The van der Waals surface area contributed by atoms with Crippen LogP contribution >= 0.6 is 11.6 Å². The number of para-hydroxylation sites is 1. The molecule has 4 N–H and O–H groups in total. The van der Waals surface area contributed by atoms with E-state index in [4.69, 9.17) is 17.3 Å². The maximum Gasteiger partial charge on any atom is 0.251 e. The van der Waals surface area contributed by atoms with Gasteiger partial charge >= 0.3 is 0 Å². The summed E-state index contributed by atoms with van der Waals surface area (Å²) in [5.74, 6) is -0.128. The molecule has 0 saturated heterocycles. The highest BCUT2D eigenvalue weighted by molar-refractivity contribution is 6.33. The maximum atomic E-state index is 11.9. The first-order chi connectivity index (χ1) is 10.0. The van der Waals surface area contributed by atoms with Crippen LogP contribution in [0.4, 0.5) is 17.1 Å². The molecule has 0 spiro atoms. The van der Waals surface area contributed by atoms with Crippen LogP contribution in [-0.2, 0) is 0 Å². The van der Waals surface area contributed by atoms with Gasteiger partial charge in [0.2, 0.25) is 0 Å². The third kappa shape index (κ3) is 3.47. The molecule has 0 bridgehead atoms. The first-order valence-corrected chi connectivity index (χ1v) is 7.10. The molecule has 0 unspecified atom stereocenters. The second kappa shape index (κ2) is 6.50. The van der Waals surface area contributed by atoms with E-state index in [1.807, 2.05) is 26.0 Å². The number of carbonyl (C=O) groups is 1. The summed E-state index contributed by atoms with van der Waals surface area (Å²) in [4.78, 5) is 11.9. The van der Waals surface area contributed by atoms with E-state index in [9.17, 15) is 4.79 Å². The van der Waals surface area contributed by atoms with Crippen molar-refractivity contribution in [3.63, 3.8) is 0 Å². The molecule has 0 radical (unpaired) electrons. The van der Waals surface area contributed by atoms with Gasteiger partial charge in [0, 0.05) is 12.1 Å². The lowest BCUT2D eigenvalue weighted by molar-refractivity contribution is 0.0956. The molecule has 0 aliphatic carbocycles. The van der Waals surface area contributed by atoms with Gasteiger partial charge in [-0.3, -0.25) is 4.79 Å². The molecular weight excluding hydrogens is 286 g/mol. The zero-order valence-corrected chi connectivity index (χ0v) is 12.8. The number of aryl methyl sites for hydroxylation is 1. The standard InChI is InChI=1S/C16H18ClN3O/c1-3-19-16(21)11-7-8-13(18)14(9-11)20-15-10(2)5-4-6-12(15)17/h4-9,20H,3,18H2,1-2H3,(H,19,21). The molecule has 0 saturated carbocycles. The highest BCUT2D eigenvalue weighted by Crippen LogP contribution is 2.31. The Labute approximate surface area is 129 Å². The van der Waals surface area contributed by atoms with E-state index < -0.39 is 0 Å². The fourth-order valence-corrected chi connectivity index (χ4v) is 2.26. The highest BCUT2D eigenvalue weighted by Gasteiger charge is 2.10. The fourth-order valence-electron chi connectivity index (χ4n) is 1.99. The second-order valence-corrected chi connectivity index (χ2v) is 5.13. The van der Waals surface area contributed by atoms with Crippen molar-refractivity contribution in [3.05, 3.63) is 52.5 Å². The number of anilines is 3. The van der Waals surface area contributed by atoms with Crippen LogP contribution in [-0.4, -0.2) is 12.5 Å². The predicted molar refractivity (Wildman–Crippen MR) is 88.3 cm³/mol. The summed E-state index contributed by atoms with van der Waals surface area (Å²) in [6.45, 7) is 4.41. The van der Waals surface area contributed by atoms with Crippen LogP contribution in [0.5, 0.6) is 0 Å². The smallest absolute Gasteiger partial charge is 0.251 e. The van der Waals surface area contributed by atoms with Crippen LogP contribution in [0.1, 0.15) is 22.8 Å². The Balaban J connectivity index is 2.35. The molecule has 110 valence electrons. The minimum Gasteiger partial charge on any atom is -0.397 e. The molecule has 0 atom stereocenters. The predicted octanol–water partition coefficient (Wildman–Crippen LogP) is 3.72. The first-order valence-electron chi connectivity index (χ1n) is 6.72. The van der Waals surface area contributed by atoms with Crippen LogP contribution in [0, 0.1) is 6.92 Å². The maximum absolute atomic E-state index is 11.9. The molecule has 5 heteroatoms. The highest BCUT2D eigenvalue weighted by atomic mass is 35.5. The number of carbonyl (C=O) groups excluding carboxylic acids is 1. The van der Waals surface area contributed by atoms with Crippen LogP contribution in [0.25, 0.3) is 0 Å². The summed E-state index contributed by atoms with van der Waals surface area (Å²) >= 11 is 6.20. The van der Waals surface area contributed by atoms with Crippen molar-refractivity contribution in [2.75, 3.05) is 17.6 Å². The summed E-state index contributed by atoms with van der Waals surface area (Å²) in [7, 11) is 0. The Morgan fingerprint density at radius 3 is 2.71 bits per heavy atom. The third-order valence-corrected chi connectivity index (χ3v) is 3.45. The molecule has 2 aromatic carbocycles. The van der Waals surface area contributed by atoms with Crippen molar-refractivity contribution in [2.45, 2.75) is 13.8 Å². The molecule has 4 nitrogen and oxygen atoms in total. The summed E-state index contributed by atoms with van der Waals surface area (Å²) in [6, 6.07) is 10.8. The van der Waals surface area contributed by atoms with E-state index in [-0.39, 0.29) is 5.91 Å². The molecule has 2 aromatic rings. The van der Waals surface area contributed by atoms with Crippen LogP contribution < -0.4 is 16.4 Å². The van der Waals surface area contributed by atoms with E-state index in [2.05, 4.69) is 10.6 Å². The van der Waals surface area contributed by atoms with Gasteiger partial charge < -0.3 is 16.4 Å². The quantitative estimate of drug-likeness (QED) is 0.754. The lowest BCUT2D eigenvalue weighted by Crippen LogP contribution is -2.22. The number of hydrogen-bond donors (Lipinski definition) is 3. The van der Waals surface area contributed by atoms with Crippen molar-refractivity contribution in [1.82, 2.24) is 5.32 Å². The number of halogens is 1. The summed E-state index contributed by atoms with van der Waals surface area (Å²) in [5.41, 5.74) is 9.54. The minimum absolute atomic E-state index is 0.128. The fraction of sp³-hybridized carbons (Fsp3) is 0.188. The van der Waals surface area contributed by atoms with E-state index >= 15 is 0 Å². The van der Waals surface area contributed by atoms with Crippen LogP contribution in [0.3, 0.4) is 0 Å². The first kappa shape index (κ1) is 15.2. The molecule has 21 heavy (non-hydrogen) atoms. The Bertz CT molecular complexity index is 650. The SMILES string of the molecule is CCNC(=O)c1ccc(N)c(Nc2c(C)cccc2Cl)c1. The third-order valence-electron chi connectivity index (χ3n) is 3.13. The second-order valence-electron chi connectivity index (χ2n) is 4.72. The van der Waals surface area contributed by atoms with Gasteiger partial charge in [-0.25, -0.2) is 0 Å². The molecule has 0 aromatic heterocycles. The normalized spacial score (nSPS) is 10.2. The molecule has 1 amide bonds. The lowest BCUT2D eigenvalue weighted by atomic mass is 10.1. The summed E-state index contributed by atoms with van der Waals surface area (Å²) in [5, 5.41) is 6.58. The van der Waals surface area contributed by atoms with Gasteiger partial charge in [0.1, 0.15) is 0 Å². The van der Waals surface area contributed by atoms with Crippen molar-refractivity contribution < 1.29 is 4.79 Å². The van der Waals surface area contributed by atoms with Crippen LogP contribution in [0.15, 0.2) is 36.4 Å². The summed E-state index contributed by atoms with van der Waals surface area (Å²) < 4.78 is 0. The zero-order valence-electron chi connectivity index (χ0n) is 12.0. The Hall–Kier alpha value is -2.20. The van der Waals surface area contributed by atoms with Gasteiger partial charge in [-0.2, -0.15) is 0 Å². The van der Waals surface area contributed by atoms with Crippen molar-refractivity contribution in [2.24, 2.45) is 0 Å². The van der Waals surface area contributed by atoms with Crippen molar-refractivity contribution in [3.8, 4) is 0 Å². The Morgan fingerprint density at radius 1 is 1.29 bits per heavy atom. The van der Waals surface area contributed by atoms with Gasteiger partial charge in [-0.1, -0.05) is 23.7 Å². The number of benzene rings is 2. The topological polar surface area (TPSA) is 67.2 Å². The van der Waals surface area contributed by atoms with E-state index in [1.54, 1.807) is 24.3 Å². The Morgan fingerprint density at radius 2 is 2.05 bits per heavy atom. The number of nitrogen functional groups attached to an aromatic ring is 1. The number of nitrogens with one attached hydrogen (secondary N) is 2. The Kier molecular flexibility index (Phi) is 4.70. The van der Waals surface area contributed by atoms with Gasteiger partial charge in [0.15, 0.2) is 0 Å². The summed E-state index contributed by atoms with van der Waals surface area (Å²) in [6.07, 6.45) is 0. The van der Waals surface area contributed by atoms with E-state index in [0.717, 1.165) is 11.3 Å². The zero-order chi connectivity index (χ0) is 15.4. The average molecular weight is 304 g/mol. The molecule has 2 rings (SSSR count). The molecule has 0 fully saturated rings. The van der Waals surface area contributed by atoms with Gasteiger partial charge in [0.05, 0.1) is 22.1 Å². The van der Waals surface area contributed by atoms with E-state index in [1.165, 1.54) is 0 Å². The minimum atomic E-state index is -0.128. The van der Waals surface area contributed by atoms with Crippen molar-refractivity contribution >= 4 is 34.6 Å². The number of rotatable bonds is 4. The van der Waals surface area contributed by atoms with Gasteiger partial charge in [-0.05, 0) is 43.7 Å². The molecule has 0 aliphatic rings. The molecule has 0 aliphatic heterocycles. The van der Waals surface area contributed by atoms with Crippen LogP contribution in [0.2, 0.25) is 5.02 Å². The molecule has 0 heterocycles. The van der Waals surface area contributed by atoms with Gasteiger partial charge in [-0.15, -0.1) is 0 Å². The number of nitrogens with two attached hydrogens (primary N) is 1.